The lowest BCUT2D eigenvalue weighted by Gasteiger charge is -2.32. The van der Waals surface area contributed by atoms with E-state index >= 15 is 0 Å². The molecule has 0 spiro atoms. The fourth-order valence-electron chi connectivity index (χ4n) is 2.35. The van der Waals surface area contributed by atoms with Gasteiger partial charge < -0.3 is 15.7 Å². The van der Waals surface area contributed by atoms with Gasteiger partial charge in [-0.1, -0.05) is 0 Å². The summed E-state index contributed by atoms with van der Waals surface area (Å²) in [5.74, 6) is -1.27. The number of amides is 1. The van der Waals surface area contributed by atoms with Crippen LogP contribution in [0.1, 0.15) is 28.9 Å². The molecule has 1 unspecified atom stereocenters. The summed E-state index contributed by atoms with van der Waals surface area (Å²) < 4.78 is 0. The number of nitrogens with two attached hydrogens (primary N) is 1. The number of nitrogens with zero attached hydrogens (tertiary/aromatic N) is 2. The fourth-order valence-corrected chi connectivity index (χ4v) is 2.35. The van der Waals surface area contributed by atoms with Gasteiger partial charge in [0.2, 0.25) is 0 Å². The molecule has 2 rings (SSSR count). The summed E-state index contributed by atoms with van der Waals surface area (Å²) in [6.07, 6.45) is 1.42. The van der Waals surface area contributed by atoms with Crippen molar-refractivity contribution in [3.63, 3.8) is 0 Å². The Kier molecular flexibility index (Phi) is 3.69. The molecule has 0 saturated carbocycles. The molecule has 1 atom stereocenters. The quantitative estimate of drug-likeness (QED) is 0.840. The van der Waals surface area contributed by atoms with E-state index in [4.69, 9.17) is 10.8 Å². The summed E-state index contributed by atoms with van der Waals surface area (Å²) in [5.41, 5.74) is 6.46. The van der Waals surface area contributed by atoms with Crippen molar-refractivity contribution in [3.8, 4) is 0 Å². The van der Waals surface area contributed by atoms with Gasteiger partial charge in [-0.15, -0.1) is 0 Å². The van der Waals surface area contributed by atoms with Crippen LogP contribution >= 0.6 is 0 Å². The number of aromatic nitrogens is 1. The van der Waals surface area contributed by atoms with Gasteiger partial charge >= 0.3 is 5.97 Å². The number of hydrogen-bond donors (Lipinski definition) is 2. The molecule has 19 heavy (non-hydrogen) atoms. The van der Waals surface area contributed by atoms with Crippen molar-refractivity contribution in [1.29, 1.82) is 0 Å². The van der Waals surface area contributed by atoms with Gasteiger partial charge in [0.15, 0.2) is 0 Å². The van der Waals surface area contributed by atoms with E-state index in [0.717, 1.165) is 12.1 Å². The van der Waals surface area contributed by atoms with E-state index < -0.39 is 17.8 Å². The Morgan fingerprint density at radius 3 is 2.84 bits per heavy atom. The lowest BCUT2D eigenvalue weighted by atomic mass is 9.98. The monoisotopic (exact) mass is 263 g/mol. The largest absolute Gasteiger partial charge is 0.481 e. The molecule has 6 nitrogen and oxygen atoms in total. The first-order chi connectivity index (χ1) is 8.99. The molecular weight excluding hydrogens is 246 g/mol. The number of primary amides is 1. The van der Waals surface area contributed by atoms with E-state index in [2.05, 4.69) is 4.98 Å². The minimum Gasteiger partial charge on any atom is -0.481 e. The zero-order valence-corrected chi connectivity index (χ0v) is 10.8. The number of carbonyl (C=O) groups excluding carboxylic acids is 1. The van der Waals surface area contributed by atoms with Gasteiger partial charge in [-0.2, -0.15) is 0 Å². The van der Waals surface area contributed by atoms with Gasteiger partial charge in [-0.05, 0) is 31.9 Å². The molecule has 2 heterocycles. The van der Waals surface area contributed by atoms with Crippen molar-refractivity contribution in [2.24, 2.45) is 11.7 Å². The molecule has 3 N–H and O–H groups in total. The number of anilines is 1. The number of rotatable bonds is 3. The number of hydrogen-bond acceptors (Lipinski definition) is 4. The van der Waals surface area contributed by atoms with Crippen molar-refractivity contribution in [3.05, 3.63) is 23.4 Å². The third-order valence-corrected chi connectivity index (χ3v) is 3.35. The van der Waals surface area contributed by atoms with Crippen LogP contribution in [0.25, 0.3) is 0 Å². The molecule has 1 aromatic heterocycles. The van der Waals surface area contributed by atoms with Crippen molar-refractivity contribution >= 4 is 17.7 Å². The maximum atomic E-state index is 11.4. The van der Waals surface area contributed by atoms with Crippen molar-refractivity contribution in [2.45, 2.75) is 19.8 Å². The van der Waals surface area contributed by atoms with Crippen LogP contribution in [0.2, 0.25) is 0 Å². The van der Waals surface area contributed by atoms with Gasteiger partial charge in [0.05, 0.1) is 11.5 Å². The number of piperidine rings is 1. The molecule has 0 aromatic carbocycles. The number of carbonyl (C=O) groups is 2. The molecule has 1 fully saturated rings. The zero-order chi connectivity index (χ0) is 14.0. The summed E-state index contributed by atoms with van der Waals surface area (Å²) >= 11 is 0. The first-order valence-electron chi connectivity index (χ1n) is 6.24. The number of carboxylic acids is 1. The Bertz CT molecular complexity index is 516. The van der Waals surface area contributed by atoms with Gasteiger partial charge in [-0.25, -0.2) is 4.98 Å². The van der Waals surface area contributed by atoms with Crippen LogP contribution in [-0.4, -0.2) is 35.1 Å². The summed E-state index contributed by atoms with van der Waals surface area (Å²) in [7, 11) is 0. The predicted octanol–water partition coefficient (Wildman–Crippen LogP) is 0.790. The summed E-state index contributed by atoms with van der Waals surface area (Å²) in [6, 6.07) is 3.37. The third-order valence-electron chi connectivity index (χ3n) is 3.35. The lowest BCUT2D eigenvalue weighted by molar-refractivity contribution is -0.141. The number of aryl methyl sites for hydroxylation is 1. The van der Waals surface area contributed by atoms with E-state index in [1.165, 1.54) is 0 Å². The van der Waals surface area contributed by atoms with Crippen LogP contribution in [0.5, 0.6) is 0 Å². The maximum absolute atomic E-state index is 11.4. The van der Waals surface area contributed by atoms with E-state index in [9.17, 15) is 9.59 Å². The number of pyridine rings is 1. The molecule has 0 bridgehead atoms. The van der Waals surface area contributed by atoms with E-state index in [1.54, 1.807) is 12.1 Å². The lowest BCUT2D eigenvalue weighted by Crippen LogP contribution is -2.40. The average Bonchev–Trinajstić information content (AvgIpc) is 2.38. The molecular formula is C13H17N3O3. The summed E-state index contributed by atoms with van der Waals surface area (Å²) in [5, 5.41) is 9.10. The van der Waals surface area contributed by atoms with Crippen LogP contribution in [0, 0.1) is 12.8 Å². The van der Waals surface area contributed by atoms with Gasteiger partial charge in [-0.3, -0.25) is 9.59 Å². The second kappa shape index (κ2) is 5.26. The molecule has 0 aliphatic carbocycles. The number of carboxylic acid groups (broad SMARTS) is 1. The highest BCUT2D eigenvalue weighted by molar-refractivity contribution is 5.97. The Balaban J connectivity index is 2.32. The Labute approximate surface area is 111 Å². The van der Waals surface area contributed by atoms with Crippen LogP contribution in [0.4, 0.5) is 5.82 Å². The fraction of sp³-hybridized carbons (Fsp3) is 0.462. The molecule has 1 saturated heterocycles. The Hall–Kier alpha value is -2.11. The van der Waals surface area contributed by atoms with E-state index in [0.29, 0.717) is 30.9 Å². The average molecular weight is 263 g/mol. The SMILES string of the molecule is Cc1ccc(C(N)=O)c(N2CCCC(C(=O)O)C2)n1. The first kappa shape index (κ1) is 13.3. The second-order valence-electron chi connectivity index (χ2n) is 4.81. The van der Waals surface area contributed by atoms with Gasteiger partial charge in [0.1, 0.15) is 5.82 Å². The van der Waals surface area contributed by atoms with Crippen molar-refractivity contribution in [1.82, 2.24) is 4.98 Å². The van der Waals surface area contributed by atoms with Crippen LogP contribution in [-0.2, 0) is 4.79 Å². The Morgan fingerprint density at radius 1 is 1.47 bits per heavy atom. The van der Waals surface area contributed by atoms with Gasteiger partial charge in [0, 0.05) is 18.8 Å². The highest BCUT2D eigenvalue weighted by atomic mass is 16.4. The summed E-state index contributed by atoms with van der Waals surface area (Å²) in [6.45, 7) is 2.89. The van der Waals surface area contributed by atoms with E-state index in [1.807, 2.05) is 11.8 Å². The summed E-state index contributed by atoms with van der Waals surface area (Å²) in [4.78, 5) is 28.7. The third kappa shape index (κ3) is 2.83. The molecule has 1 aliphatic heterocycles. The van der Waals surface area contributed by atoms with E-state index in [-0.39, 0.29) is 0 Å². The molecule has 102 valence electrons. The smallest absolute Gasteiger partial charge is 0.308 e. The van der Waals surface area contributed by atoms with Crippen LogP contribution in [0.3, 0.4) is 0 Å². The standard InChI is InChI=1S/C13H17N3O3/c1-8-4-5-10(11(14)17)12(15-8)16-6-2-3-9(7-16)13(18)19/h4-5,9H,2-3,6-7H2,1H3,(H2,14,17)(H,18,19). The minimum atomic E-state index is -0.807. The van der Waals surface area contributed by atoms with Crippen LogP contribution in [0.15, 0.2) is 12.1 Å². The van der Waals surface area contributed by atoms with Crippen molar-refractivity contribution < 1.29 is 14.7 Å². The predicted molar refractivity (Wildman–Crippen MR) is 70.1 cm³/mol. The highest BCUT2D eigenvalue weighted by Crippen LogP contribution is 2.25. The normalized spacial score (nSPS) is 19.2. The van der Waals surface area contributed by atoms with Crippen molar-refractivity contribution in [2.75, 3.05) is 18.0 Å². The topological polar surface area (TPSA) is 96.5 Å². The molecule has 1 amide bonds. The highest BCUT2D eigenvalue weighted by Gasteiger charge is 2.28. The molecule has 1 aliphatic rings. The number of aliphatic carboxylic acids is 1. The molecule has 0 radical (unpaired) electrons. The molecule has 6 heteroatoms. The first-order valence-corrected chi connectivity index (χ1v) is 6.24. The molecule has 1 aromatic rings. The van der Waals surface area contributed by atoms with Crippen LogP contribution < -0.4 is 10.6 Å². The second-order valence-corrected chi connectivity index (χ2v) is 4.81. The maximum Gasteiger partial charge on any atom is 0.308 e. The van der Waals surface area contributed by atoms with Gasteiger partial charge in [0.25, 0.3) is 5.91 Å². The minimum absolute atomic E-state index is 0.344. The zero-order valence-electron chi connectivity index (χ0n) is 10.8. The Morgan fingerprint density at radius 2 is 2.21 bits per heavy atom.